The molecule has 1 atom stereocenters. The lowest BCUT2D eigenvalue weighted by Crippen LogP contribution is -2.40. The van der Waals surface area contributed by atoms with Gasteiger partial charge in [0.05, 0.1) is 10.9 Å². The van der Waals surface area contributed by atoms with Crippen molar-refractivity contribution in [1.29, 1.82) is 0 Å². The molecule has 1 heterocycles. The second kappa shape index (κ2) is 8.09. The normalized spacial score (nSPS) is 16.6. The van der Waals surface area contributed by atoms with E-state index in [9.17, 15) is 4.79 Å². The molecule has 0 spiro atoms. The zero-order chi connectivity index (χ0) is 17.8. The molecule has 1 fully saturated rings. The number of carbonyl (C=O) groups is 1. The Kier molecular flexibility index (Phi) is 5.84. The molecule has 5 heteroatoms. The Labute approximate surface area is 154 Å². The number of amides is 1. The van der Waals surface area contributed by atoms with Gasteiger partial charge in [-0.05, 0) is 50.8 Å². The molecule has 1 saturated carbocycles. The fraction of sp³-hybridized carbons (Fsp3) is 0.500. The zero-order valence-electron chi connectivity index (χ0n) is 15.3. The Morgan fingerprint density at radius 2 is 2.04 bits per heavy atom. The van der Waals surface area contributed by atoms with Crippen molar-refractivity contribution >= 4 is 17.7 Å². The Morgan fingerprint density at radius 3 is 2.80 bits per heavy atom. The molecule has 4 nitrogen and oxygen atoms in total. The van der Waals surface area contributed by atoms with Crippen LogP contribution in [0.4, 0.5) is 0 Å². The van der Waals surface area contributed by atoms with E-state index in [-0.39, 0.29) is 11.2 Å². The summed E-state index contributed by atoms with van der Waals surface area (Å²) in [7, 11) is 0. The van der Waals surface area contributed by atoms with Crippen LogP contribution in [0.15, 0.2) is 35.7 Å². The minimum Gasteiger partial charge on any atom is -0.352 e. The monoisotopic (exact) mass is 357 g/mol. The molecule has 1 amide bonds. The van der Waals surface area contributed by atoms with Crippen LogP contribution in [0.5, 0.6) is 0 Å². The quantitative estimate of drug-likeness (QED) is 0.806. The average molecular weight is 358 g/mol. The van der Waals surface area contributed by atoms with Gasteiger partial charge in [-0.25, -0.2) is 4.98 Å². The lowest BCUT2D eigenvalue weighted by molar-refractivity contribution is -0.121. The van der Waals surface area contributed by atoms with E-state index in [0.29, 0.717) is 6.04 Å². The van der Waals surface area contributed by atoms with Gasteiger partial charge in [-0.3, -0.25) is 9.36 Å². The van der Waals surface area contributed by atoms with Gasteiger partial charge >= 0.3 is 0 Å². The molecule has 1 aliphatic carbocycles. The summed E-state index contributed by atoms with van der Waals surface area (Å²) in [6.45, 7) is 6.15. The molecule has 1 aromatic heterocycles. The summed E-state index contributed by atoms with van der Waals surface area (Å²) < 4.78 is 2.08. The molecular formula is C20H27N3OS. The van der Waals surface area contributed by atoms with Crippen LogP contribution in [0.25, 0.3) is 5.69 Å². The molecule has 134 valence electrons. The maximum absolute atomic E-state index is 12.5. The van der Waals surface area contributed by atoms with Gasteiger partial charge < -0.3 is 5.32 Å². The highest BCUT2D eigenvalue weighted by atomic mass is 32.2. The number of rotatable bonds is 5. The summed E-state index contributed by atoms with van der Waals surface area (Å²) in [5.41, 5.74) is 3.54. The molecule has 0 bridgehead atoms. The van der Waals surface area contributed by atoms with Crippen molar-refractivity contribution in [3.63, 3.8) is 0 Å². The van der Waals surface area contributed by atoms with Crippen LogP contribution < -0.4 is 5.32 Å². The smallest absolute Gasteiger partial charge is 0.233 e. The van der Waals surface area contributed by atoms with Crippen molar-refractivity contribution < 1.29 is 4.79 Å². The number of aryl methyl sites for hydroxylation is 2. The molecule has 3 rings (SSSR count). The largest absolute Gasteiger partial charge is 0.352 e. The van der Waals surface area contributed by atoms with Gasteiger partial charge in [-0.1, -0.05) is 43.2 Å². The van der Waals surface area contributed by atoms with Crippen LogP contribution in [-0.2, 0) is 4.79 Å². The van der Waals surface area contributed by atoms with Crippen LogP contribution in [0, 0.1) is 13.8 Å². The predicted octanol–water partition coefficient (Wildman–Crippen LogP) is 4.42. The van der Waals surface area contributed by atoms with E-state index in [1.165, 1.54) is 42.2 Å². The standard InChI is InChI=1S/C20H27N3OS/c1-14-9-10-15(2)18(13-14)23-12-11-21-20(23)25-16(3)19(24)22-17-7-5-4-6-8-17/h9-13,16-17H,4-8H2,1-3H3,(H,22,24)/t16-/m1/s1. The van der Waals surface area contributed by atoms with Gasteiger partial charge in [0.1, 0.15) is 0 Å². The maximum atomic E-state index is 12.5. The van der Waals surface area contributed by atoms with Crippen molar-refractivity contribution in [3.8, 4) is 5.69 Å². The third-order valence-electron chi connectivity index (χ3n) is 4.83. The van der Waals surface area contributed by atoms with Gasteiger partial charge in [0.2, 0.25) is 5.91 Å². The highest BCUT2D eigenvalue weighted by molar-refractivity contribution is 8.00. The Balaban J connectivity index is 1.70. The first kappa shape index (κ1) is 18.1. The number of carbonyl (C=O) groups excluding carboxylic acids is 1. The molecule has 1 aliphatic rings. The number of aromatic nitrogens is 2. The molecule has 2 aromatic rings. The molecule has 0 saturated heterocycles. The van der Waals surface area contributed by atoms with Crippen molar-refractivity contribution in [1.82, 2.24) is 14.9 Å². The second-order valence-corrected chi connectivity index (χ2v) is 8.28. The minimum atomic E-state index is -0.159. The van der Waals surface area contributed by atoms with Crippen molar-refractivity contribution in [2.75, 3.05) is 0 Å². The average Bonchev–Trinajstić information content (AvgIpc) is 3.05. The van der Waals surface area contributed by atoms with E-state index in [2.05, 4.69) is 46.9 Å². The van der Waals surface area contributed by atoms with Crippen LogP contribution >= 0.6 is 11.8 Å². The van der Waals surface area contributed by atoms with E-state index >= 15 is 0 Å². The molecule has 1 N–H and O–H groups in total. The fourth-order valence-electron chi connectivity index (χ4n) is 3.32. The fourth-order valence-corrected chi connectivity index (χ4v) is 4.20. The summed E-state index contributed by atoms with van der Waals surface area (Å²) >= 11 is 1.52. The van der Waals surface area contributed by atoms with E-state index in [4.69, 9.17) is 0 Å². The predicted molar refractivity (Wildman–Crippen MR) is 103 cm³/mol. The van der Waals surface area contributed by atoms with Crippen LogP contribution in [0.2, 0.25) is 0 Å². The summed E-state index contributed by atoms with van der Waals surface area (Å²) in [4.78, 5) is 17.0. The number of nitrogens with one attached hydrogen (secondary N) is 1. The van der Waals surface area contributed by atoms with Crippen molar-refractivity contribution in [3.05, 3.63) is 41.7 Å². The first-order chi connectivity index (χ1) is 12.0. The number of benzene rings is 1. The summed E-state index contributed by atoms with van der Waals surface area (Å²) in [6.07, 6.45) is 9.74. The number of nitrogens with zero attached hydrogens (tertiary/aromatic N) is 2. The molecule has 1 aromatic carbocycles. The minimum absolute atomic E-state index is 0.118. The molecule has 25 heavy (non-hydrogen) atoms. The first-order valence-corrected chi connectivity index (χ1v) is 10.0. The SMILES string of the molecule is Cc1ccc(C)c(-n2ccnc2S[C@H](C)C(=O)NC2CCCCC2)c1. The highest BCUT2D eigenvalue weighted by Gasteiger charge is 2.22. The van der Waals surface area contributed by atoms with E-state index in [1.54, 1.807) is 6.20 Å². The maximum Gasteiger partial charge on any atom is 0.233 e. The van der Waals surface area contributed by atoms with Gasteiger partial charge in [0, 0.05) is 18.4 Å². The summed E-state index contributed by atoms with van der Waals surface area (Å²) in [5.74, 6) is 0.118. The van der Waals surface area contributed by atoms with Gasteiger partial charge in [-0.2, -0.15) is 0 Å². The number of hydrogen-bond acceptors (Lipinski definition) is 3. The lowest BCUT2D eigenvalue weighted by atomic mass is 9.95. The summed E-state index contributed by atoms with van der Waals surface area (Å²) in [6, 6.07) is 6.75. The highest BCUT2D eigenvalue weighted by Crippen LogP contribution is 2.27. The Hall–Kier alpha value is -1.75. The van der Waals surface area contributed by atoms with Crippen LogP contribution in [-0.4, -0.2) is 26.8 Å². The third-order valence-corrected chi connectivity index (χ3v) is 5.91. The number of thioether (sulfide) groups is 1. The van der Waals surface area contributed by atoms with Crippen molar-refractivity contribution in [2.24, 2.45) is 0 Å². The topological polar surface area (TPSA) is 46.9 Å². The zero-order valence-corrected chi connectivity index (χ0v) is 16.1. The Morgan fingerprint density at radius 1 is 1.28 bits per heavy atom. The van der Waals surface area contributed by atoms with Crippen LogP contribution in [0.1, 0.15) is 50.2 Å². The van der Waals surface area contributed by atoms with Gasteiger partial charge in [0.15, 0.2) is 5.16 Å². The molecule has 0 radical (unpaired) electrons. The molecule has 0 aliphatic heterocycles. The number of imidazole rings is 1. The summed E-state index contributed by atoms with van der Waals surface area (Å²) in [5, 5.41) is 3.92. The van der Waals surface area contributed by atoms with E-state index in [1.807, 2.05) is 13.1 Å². The first-order valence-electron chi connectivity index (χ1n) is 9.12. The van der Waals surface area contributed by atoms with Gasteiger partial charge in [-0.15, -0.1) is 0 Å². The van der Waals surface area contributed by atoms with E-state index < -0.39 is 0 Å². The van der Waals surface area contributed by atoms with E-state index in [0.717, 1.165) is 23.7 Å². The Bertz CT molecular complexity index is 734. The lowest BCUT2D eigenvalue weighted by Gasteiger charge is -2.24. The molecule has 0 unspecified atom stereocenters. The number of hydrogen-bond donors (Lipinski definition) is 1. The third kappa shape index (κ3) is 4.46. The van der Waals surface area contributed by atoms with Gasteiger partial charge in [0.25, 0.3) is 0 Å². The molecular weight excluding hydrogens is 330 g/mol. The second-order valence-electron chi connectivity index (χ2n) is 6.97. The van der Waals surface area contributed by atoms with Crippen molar-refractivity contribution in [2.45, 2.75) is 69.3 Å². The van der Waals surface area contributed by atoms with Crippen LogP contribution in [0.3, 0.4) is 0 Å².